The monoisotopic (exact) mass is 237 g/mol. The van der Waals surface area contributed by atoms with Gasteiger partial charge in [0.05, 0.1) is 5.52 Å². The molecule has 0 saturated heterocycles. The number of fused-ring (bicyclic) bond motifs is 1. The summed E-state index contributed by atoms with van der Waals surface area (Å²) in [5.41, 5.74) is 1.73. The summed E-state index contributed by atoms with van der Waals surface area (Å²) >= 11 is 3.42. The molecule has 13 heavy (non-hydrogen) atoms. The van der Waals surface area contributed by atoms with Crippen molar-refractivity contribution in [1.29, 1.82) is 0 Å². The van der Waals surface area contributed by atoms with E-state index in [0.717, 1.165) is 20.9 Å². The number of aliphatic hydroxyl groups excluding tert-OH is 1. The van der Waals surface area contributed by atoms with Gasteiger partial charge in [-0.2, -0.15) is 0 Å². The average Bonchev–Trinajstić information content (AvgIpc) is 2.48. The molecule has 2 N–H and O–H groups in total. The highest BCUT2D eigenvalue weighted by atomic mass is 79.9. The van der Waals surface area contributed by atoms with Crippen LogP contribution in [-0.2, 0) is 0 Å². The first-order valence-corrected chi connectivity index (χ1v) is 4.63. The van der Waals surface area contributed by atoms with Crippen LogP contribution in [0.4, 0.5) is 0 Å². The molecule has 1 aromatic carbocycles. The predicted octanol–water partition coefficient (Wildman–Crippen LogP) is 3.46. The number of H-pyrrole nitrogens is 1. The molecule has 0 saturated carbocycles. The molecule has 2 nitrogen and oxygen atoms in total. The van der Waals surface area contributed by atoms with Crippen molar-refractivity contribution < 1.29 is 5.11 Å². The average molecular weight is 238 g/mol. The second kappa shape index (κ2) is 2.92. The number of hydrogen-bond donors (Lipinski definition) is 2. The zero-order valence-corrected chi connectivity index (χ0v) is 8.43. The molecule has 0 fully saturated rings. The van der Waals surface area contributed by atoms with Crippen LogP contribution in [0.25, 0.3) is 16.7 Å². The summed E-state index contributed by atoms with van der Waals surface area (Å²) in [6.45, 7) is 3.50. The molecule has 66 valence electrons. The van der Waals surface area contributed by atoms with Crippen LogP contribution in [0.1, 0.15) is 5.56 Å². The first-order chi connectivity index (χ1) is 6.20. The molecule has 0 spiro atoms. The Kier molecular flexibility index (Phi) is 1.88. The zero-order valence-electron chi connectivity index (χ0n) is 6.84. The fraction of sp³-hybridized carbons (Fsp3) is 0. The van der Waals surface area contributed by atoms with Crippen molar-refractivity contribution in [1.82, 2.24) is 4.98 Å². The normalized spacial score (nSPS) is 10.5. The van der Waals surface area contributed by atoms with Gasteiger partial charge in [0.25, 0.3) is 0 Å². The number of rotatable bonds is 1. The van der Waals surface area contributed by atoms with Crippen molar-refractivity contribution in [2.45, 2.75) is 0 Å². The Hall–Kier alpha value is -1.22. The number of hydrogen-bond acceptors (Lipinski definition) is 1. The van der Waals surface area contributed by atoms with Gasteiger partial charge in [0.1, 0.15) is 5.76 Å². The smallest absolute Gasteiger partial charge is 0.117 e. The zero-order chi connectivity index (χ0) is 9.42. The van der Waals surface area contributed by atoms with Crippen LogP contribution in [-0.4, -0.2) is 10.1 Å². The number of halogens is 1. The van der Waals surface area contributed by atoms with Crippen molar-refractivity contribution in [3.8, 4) is 0 Å². The Morgan fingerprint density at radius 1 is 1.46 bits per heavy atom. The Morgan fingerprint density at radius 3 is 2.92 bits per heavy atom. The molecule has 2 aromatic rings. The molecule has 0 radical (unpaired) electrons. The summed E-state index contributed by atoms with van der Waals surface area (Å²) in [4.78, 5) is 3.07. The number of nitrogens with one attached hydrogen (secondary N) is 1. The molecule has 0 unspecified atom stereocenters. The molecule has 0 bridgehead atoms. The van der Waals surface area contributed by atoms with Gasteiger partial charge in [-0.3, -0.25) is 0 Å². The largest absolute Gasteiger partial charge is 0.508 e. The fourth-order valence-corrected chi connectivity index (χ4v) is 1.84. The molecule has 0 aliphatic rings. The lowest BCUT2D eigenvalue weighted by atomic mass is 10.1. The first-order valence-electron chi connectivity index (χ1n) is 3.84. The Labute approximate surface area is 84.0 Å². The van der Waals surface area contributed by atoms with Crippen molar-refractivity contribution in [2.24, 2.45) is 0 Å². The lowest BCUT2D eigenvalue weighted by Gasteiger charge is -1.96. The van der Waals surface area contributed by atoms with Gasteiger partial charge in [0.2, 0.25) is 0 Å². The van der Waals surface area contributed by atoms with Crippen molar-refractivity contribution in [3.63, 3.8) is 0 Å². The van der Waals surface area contributed by atoms with Gasteiger partial charge in [0.15, 0.2) is 0 Å². The third kappa shape index (κ3) is 1.25. The van der Waals surface area contributed by atoms with Crippen LogP contribution in [0.3, 0.4) is 0 Å². The minimum absolute atomic E-state index is 0.0874. The van der Waals surface area contributed by atoms with Crippen LogP contribution >= 0.6 is 15.9 Å². The summed E-state index contributed by atoms with van der Waals surface area (Å²) in [6, 6.07) is 5.81. The lowest BCUT2D eigenvalue weighted by molar-refractivity contribution is 0.514. The summed E-state index contributed by atoms with van der Waals surface area (Å²) in [5.74, 6) is 0.0874. The number of para-hydroxylation sites is 1. The van der Waals surface area contributed by atoms with Gasteiger partial charge >= 0.3 is 0 Å². The molecule has 0 atom stereocenters. The number of benzene rings is 1. The second-order valence-electron chi connectivity index (χ2n) is 2.81. The molecular weight excluding hydrogens is 230 g/mol. The second-order valence-corrected chi connectivity index (χ2v) is 3.67. The quantitative estimate of drug-likeness (QED) is 0.733. The Morgan fingerprint density at radius 2 is 2.23 bits per heavy atom. The topological polar surface area (TPSA) is 36.0 Å². The standard InChI is InChI=1S/C10H8BrNO/c1-6(13)8-5-12-10-7(8)3-2-4-9(10)11/h2-5,12-13H,1H2. The lowest BCUT2D eigenvalue weighted by Crippen LogP contribution is -1.76. The van der Waals surface area contributed by atoms with Crippen molar-refractivity contribution >= 4 is 32.6 Å². The van der Waals surface area contributed by atoms with Gasteiger partial charge in [-0.25, -0.2) is 0 Å². The third-order valence-electron chi connectivity index (χ3n) is 1.98. The van der Waals surface area contributed by atoms with Gasteiger partial charge in [0, 0.05) is 21.6 Å². The van der Waals surface area contributed by atoms with E-state index in [-0.39, 0.29) is 5.76 Å². The van der Waals surface area contributed by atoms with E-state index in [9.17, 15) is 5.11 Å². The van der Waals surface area contributed by atoms with E-state index < -0.39 is 0 Å². The van der Waals surface area contributed by atoms with Crippen molar-refractivity contribution in [2.75, 3.05) is 0 Å². The minimum Gasteiger partial charge on any atom is -0.508 e. The Balaban J connectivity index is 2.83. The molecule has 0 aliphatic carbocycles. The number of aromatic amines is 1. The number of aliphatic hydroxyl groups is 1. The molecule has 1 aromatic heterocycles. The molecule has 1 heterocycles. The van der Waals surface area contributed by atoms with E-state index in [1.807, 2.05) is 18.2 Å². The van der Waals surface area contributed by atoms with Crippen molar-refractivity contribution in [3.05, 3.63) is 41.0 Å². The minimum atomic E-state index is 0.0874. The van der Waals surface area contributed by atoms with E-state index in [2.05, 4.69) is 27.5 Å². The highest BCUT2D eigenvalue weighted by molar-refractivity contribution is 9.10. The van der Waals surface area contributed by atoms with Crippen LogP contribution in [0, 0.1) is 0 Å². The summed E-state index contributed by atoms with van der Waals surface area (Å²) in [7, 11) is 0. The number of aromatic nitrogens is 1. The van der Waals surface area contributed by atoms with Gasteiger partial charge < -0.3 is 10.1 Å². The maximum Gasteiger partial charge on any atom is 0.117 e. The van der Waals surface area contributed by atoms with Crippen LogP contribution < -0.4 is 0 Å². The van der Waals surface area contributed by atoms with Gasteiger partial charge in [-0.15, -0.1) is 0 Å². The van der Waals surface area contributed by atoms with E-state index in [0.29, 0.717) is 0 Å². The predicted molar refractivity (Wildman–Crippen MR) is 57.7 cm³/mol. The summed E-state index contributed by atoms with van der Waals surface area (Å²) in [6.07, 6.45) is 1.75. The van der Waals surface area contributed by atoms with Crippen LogP contribution in [0.5, 0.6) is 0 Å². The highest BCUT2D eigenvalue weighted by Crippen LogP contribution is 2.27. The molecule has 0 amide bonds. The van der Waals surface area contributed by atoms with E-state index in [1.165, 1.54) is 0 Å². The molecular formula is C10H8BrNO. The first kappa shape index (κ1) is 8.38. The molecule has 0 aliphatic heterocycles. The molecule has 2 rings (SSSR count). The summed E-state index contributed by atoms with van der Waals surface area (Å²) in [5, 5.41) is 10.2. The fourth-order valence-electron chi connectivity index (χ4n) is 1.36. The Bertz CT molecular complexity index is 473. The third-order valence-corrected chi connectivity index (χ3v) is 2.64. The maximum atomic E-state index is 9.27. The highest BCUT2D eigenvalue weighted by Gasteiger charge is 2.06. The SMILES string of the molecule is C=C(O)c1c[nH]c2c(Br)cccc12. The van der Waals surface area contributed by atoms with Crippen LogP contribution in [0.2, 0.25) is 0 Å². The van der Waals surface area contributed by atoms with E-state index >= 15 is 0 Å². The summed E-state index contributed by atoms with van der Waals surface area (Å²) < 4.78 is 0.984. The van der Waals surface area contributed by atoms with E-state index in [1.54, 1.807) is 6.20 Å². The van der Waals surface area contributed by atoms with E-state index in [4.69, 9.17) is 0 Å². The van der Waals surface area contributed by atoms with Gasteiger partial charge in [-0.05, 0) is 22.0 Å². The molecule has 3 heteroatoms. The van der Waals surface area contributed by atoms with Gasteiger partial charge in [-0.1, -0.05) is 18.7 Å². The maximum absolute atomic E-state index is 9.27. The van der Waals surface area contributed by atoms with Crippen LogP contribution in [0.15, 0.2) is 35.4 Å².